The third kappa shape index (κ3) is 1.63. The number of ether oxygens (including phenoxy) is 1. The number of nitro benzene ring substituents is 1. The molecule has 1 heterocycles. The summed E-state index contributed by atoms with van der Waals surface area (Å²) in [7, 11) is 2.98. The summed E-state index contributed by atoms with van der Waals surface area (Å²) < 4.78 is 6.48. The van der Waals surface area contributed by atoms with Crippen LogP contribution in [-0.2, 0) is 7.05 Å². The Labute approximate surface area is 96.2 Å². The molecule has 0 saturated heterocycles. The number of nitrogens with zero attached hydrogens (tertiary/aromatic N) is 2. The van der Waals surface area contributed by atoms with Gasteiger partial charge in [0.2, 0.25) is 5.75 Å². The Morgan fingerprint density at radius 3 is 2.59 bits per heavy atom. The summed E-state index contributed by atoms with van der Waals surface area (Å²) >= 11 is 0. The molecule has 0 unspecified atom stereocenters. The minimum Gasteiger partial charge on any atom is -0.490 e. The molecule has 0 saturated carbocycles. The molecule has 0 spiro atoms. The number of hydrogen-bond acceptors (Lipinski definition) is 4. The van der Waals surface area contributed by atoms with E-state index in [-0.39, 0.29) is 17.0 Å². The van der Waals surface area contributed by atoms with Crippen LogP contribution in [0.4, 0.5) is 5.69 Å². The Hall–Kier alpha value is -2.37. The summed E-state index contributed by atoms with van der Waals surface area (Å²) in [4.78, 5) is 21.8. The van der Waals surface area contributed by atoms with E-state index in [1.54, 1.807) is 7.05 Å². The van der Waals surface area contributed by atoms with E-state index in [0.717, 1.165) is 0 Å². The minimum absolute atomic E-state index is 0.112. The summed E-state index contributed by atoms with van der Waals surface area (Å²) in [5.74, 6) is 0.170. The van der Waals surface area contributed by atoms with Gasteiger partial charge >= 0.3 is 5.69 Å². The van der Waals surface area contributed by atoms with Gasteiger partial charge in [-0.2, -0.15) is 0 Å². The van der Waals surface area contributed by atoms with Crippen molar-refractivity contribution in [2.24, 2.45) is 7.05 Å². The average Bonchev–Trinajstić information content (AvgIpc) is 2.32. The van der Waals surface area contributed by atoms with Crippen LogP contribution < -0.4 is 10.3 Å². The molecule has 0 bridgehead atoms. The van der Waals surface area contributed by atoms with E-state index in [9.17, 15) is 14.9 Å². The van der Waals surface area contributed by atoms with E-state index in [1.165, 1.54) is 35.9 Å². The van der Waals surface area contributed by atoms with Gasteiger partial charge < -0.3 is 9.30 Å². The molecule has 88 valence electrons. The molecule has 0 N–H and O–H groups in total. The van der Waals surface area contributed by atoms with E-state index < -0.39 is 4.92 Å². The van der Waals surface area contributed by atoms with Crippen molar-refractivity contribution in [1.29, 1.82) is 0 Å². The maximum Gasteiger partial charge on any atom is 0.311 e. The molecule has 6 nitrogen and oxygen atoms in total. The summed E-state index contributed by atoms with van der Waals surface area (Å²) in [6.07, 6.45) is 0. The average molecular weight is 234 g/mol. The second-order valence-corrected chi connectivity index (χ2v) is 3.54. The maximum absolute atomic E-state index is 11.4. The predicted octanol–water partition coefficient (Wildman–Crippen LogP) is 1.46. The molecule has 6 heteroatoms. The summed E-state index contributed by atoms with van der Waals surface area (Å²) in [6.45, 7) is 0. The van der Waals surface area contributed by atoms with Gasteiger partial charge in [0.05, 0.1) is 17.5 Å². The van der Waals surface area contributed by atoms with Crippen molar-refractivity contribution in [3.05, 3.63) is 44.7 Å². The van der Waals surface area contributed by atoms with Gasteiger partial charge in [0.1, 0.15) is 0 Å². The minimum atomic E-state index is -0.511. The molecule has 0 aliphatic heterocycles. The van der Waals surface area contributed by atoms with E-state index in [2.05, 4.69) is 0 Å². The van der Waals surface area contributed by atoms with Gasteiger partial charge in [0.15, 0.2) is 0 Å². The zero-order chi connectivity index (χ0) is 12.6. The van der Waals surface area contributed by atoms with Crippen LogP contribution in [0, 0.1) is 10.1 Å². The van der Waals surface area contributed by atoms with Gasteiger partial charge in [0.25, 0.3) is 5.56 Å². The molecule has 0 aliphatic carbocycles. The molecule has 1 aromatic carbocycles. The summed E-state index contributed by atoms with van der Waals surface area (Å²) in [5, 5.41) is 11.4. The molecule has 0 fully saturated rings. The SMILES string of the molecule is COc1c([N+](=O)[O-])ccc2c1ccc(=O)n2C. The summed E-state index contributed by atoms with van der Waals surface area (Å²) in [6, 6.07) is 5.76. The van der Waals surface area contributed by atoms with Crippen molar-refractivity contribution >= 4 is 16.6 Å². The summed E-state index contributed by atoms with van der Waals surface area (Å²) in [5.41, 5.74) is 0.312. The first-order valence-electron chi connectivity index (χ1n) is 4.87. The molecule has 2 rings (SSSR count). The Kier molecular flexibility index (Phi) is 2.55. The molecular weight excluding hydrogens is 224 g/mol. The third-order valence-corrected chi connectivity index (χ3v) is 2.64. The van der Waals surface area contributed by atoms with Gasteiger partial charge in [-0.3, -0.25) is 14.9 Å². The van der Waals surface area contributed by atoms with Crippen molar-refractivity contribution in [3.8, 4) is 5.75 Å². The number of pyridine rings is 1. The lowest BCUT2D eigenvalue weighted by atomic mass is 10.1. The topological polar surface area (TPSA) is 74.4 Å². The maximum atomic E-state index is 11.4. The van der Waals surface area contributed by atoms with E-state index in [1.807, 2.05) is 0 Å². The van der Waals surface area contributed by atoms with Crippen LogP contribution in [0.5, 0.6) is 5.75 Å². The smallest absolute Gasteiger partial charge is 0.311 e. The number of aromatic nitrogens is 1. The highest BCUT2D eigenvalue weighted by Crippen LogP contribution is 2.33. The van der Waals surface area contributed by atoms with Gasteiger partial charge in [-0.25, -0.2) is 0 Å². The van der Waals surface area contributed by atoms with Gasteiger partial charge in [-0.15, -0.1) is 0 Å². The predicted molar refractivity (Wildman–Crippen MR) is 62.4 cm³/mol. The van der Waals surface area contributed by atoms with Crippen LogP contribution in [0.3, 0.4) is 0 Å². The molecule has 2 aromatic rings. The highest BCUT2D eigenvalue weighted by molar-refractivity contribution is 5.89. The van der Waals surface area contributed by atoms with Crippen LogP contribution in [-0.4, -0.2) is 16.6 Å². The van der Waals surface area contributed by atoms with E-state index in [4.69, 9.17) is 4.74 Å². The first-order valence-corrected chi connectivity index (χ1v) is 4.87. The molecule has 0 atom stereocenters. The van der Waals surface area contributed by atoms with Crippen molar-refractivity contribution in [2.75, 3.05) is 7.11 Å². The highest BCUT2D eigenvalue weighted by atomic mass is 16.6. The Balaban J connectivity index is 2.93. The molecule has 1 aromatic heterocycles. The second kappa shape index (κ2) is 3.89. The van der Waals surface area contributed by atoms with Crippen LogP contribution in [0.1, 0.15) is 0 Å². The molecule has 0 radical (unpaired) electrons. The second-order valence-electron chi connectivity index (χ2n) is 3.54. The lowest BCUT2D eigenvalue weighted by molar-refractivity contribution is -0.385. The first kappa shape index (κ1) is 11.1. The number of fused-ring (bicyclic) bond motifs is 1. The van der Waals surface area contributed by atoms with E-state index in [0.29, 0.717) is 10.9 Å². The number of benzene rings is 1. The molecule has 17 heavy (non-hydrogen) atoms. The standard InChI is InChI=1S/C11H10N2O4/c1-12-8-4-5-9(13(15)16)11(17-2)7(8)3-6-10(12)14/h3-6H,1-2H3. The Morgan fingerprint density at radius 2 is 2.00 bits per heavy atom. The van der Waals surface area contributed by atoms with Gasteiger partial charge in [0, 0.05) is 24.6 Å². The fourth-order valence-corrected chi connectivity index (χ4v) is 1.77. The van der Waals surface area contributed by atoms with Crippen molar-refractivity contribution in [3.63, 3.8) is 0 Å². The Bertz CT molecular complexity index is 660. The number of rotatable bonds is 2. The lowest BCUT2D eigenvalue weighted by Crippen LogP contribution is -2.15. The van der Waals surface area contributed by atoms with Crippen LogP contribution in [0.2, 0.25) is 0 Å². The first-order chi connectivity index (χ1) is 8.06. The number of nitro groups is 1. The number of hydrogen-bond donors (Lipinski definition) is 0. The van der Waals surface area contributed by atoms with Crippen molar-refractivity contribution in [1.82, 2.24) is 4.57 Å². The Morgan fingerprint density at radius 1 is 1.29 bits per heavy atom. The molecule has 0 aliphatic rings. The third-order valence-electron chi connectivity index (χ3n) is 2.64. The lowest BCUT2D eigenvalue weighted by Gasteiger charge is -2.08. The van der Waals surface area contributed by atoms with Gasteiger partial charge in [-0.1, -0.05) is 0 Å². The molecule has 0 amide bonds. The van der Waals surface area contributed by atoms with Crippen molar-refractivity contribution in [2.45, 2.75) is 0 Å². The normalized spacial score (nSPS) is 10.5. The monoisotopic (exact) mass is 234 g/mol. The van der Waals surface area contributed by atoms with Crippen LogP contribution in [0.25, 0.3) is 10.9 Å². The number of aryl methyl sites for hydroxylation is 1. The van der Waals surface area contributed by atoms with E-state index >= 15 is 0 Å². The fourth-order valence-electron chi connectivity index (χ4n) is 1.77. The number of methoxy groups -OCH3 is 1. The zero-order valence-electron chi connectivity index (χ0n) is 9.34. The van der Waals surface area contributed by atoms with Gasteiger partial charge in [-0.05, 0) is 12.1 Å². The van der Waals surface area contributed by atoms with Crippen molar-refractivity contribution < 1.29 is 9.66 Å². The largest absolute Gasteiger partial charge is 0.490 e. The highest BCUT2D eigenvalue weighted by Gasteiger charge is 2.18. The quantitative estimate of drug-likeness (QED) is 0.582. The zero-order valence-corrected chi connectivity index (χ0v) is 9.34. The van der Waals surface area contributed by atoms with Crippen LogP contribution in [0.15, 0.2) is 29.1 Å². The fraction of sp³-hybridized carbons (Fsp3) is 0.182. The molecular formula is C11H10N2O4. The van der Waals surface area contributed by atoms with Crippen LogP contribution >= 0.6 is 0 Å².